The lowest BCUT2D eigenvalue weighted by molar-refractivity contribution is 0.132. The summed E-state index contributed by atoms with van der Waals surface area (Å²) in [5.41, 5.74) is 3.54. The topological polar surface area (TPSA) is 56.1 Å². The molecular weight excluding hydrogens is 254 g/mol. The number of pyridine rings is 1. The van der Waals surface area contributed by atoms with E-state index in [-0.39, 0.29) is 0 Å². The second-order valence-corrected chi connectivity index (χ2v) is 5.22. The molecule has 0 aromatic carbocycles. The van der Waals surface area contributed by atoms with Crippen LogP contribution in [0.2, 0.25) is 0 Å². The van der Waals surface area contributed by atoms with Crippen LogP contribution < -0.4 is 0 Å². The zero-order valence-corrected chi connectivity index (χ0v) is 11.9. The molecule has 0 saturated heterocycles. The quantitative estimate of drug-likeness (QED) is 0.830. The molecule has 1 atom stereocenters. The van der Waals surface area contributed by atoms with Crippen molar-refractivity contribution in [2.45, 2.75) is 19.0 Å². The van der Waals surface area contributed by atoms with Crippen LogP contribution in [0.15, 0.2) is 24.5 Å². The van der Waals surface area contributed by atoms with E-state index >= 15 is 0 Å². The van der Waals surface area contributed by atoms with Crippen LogP contribution in [0.1, 0.15) is 22.9 Å². The average Bonchev–Trinajstić information content (AvgIpc) is 2.82. The summed E-state index contributed by atoms with van der Waals surface area (Å²) in [6.45, 7) is 3.40. The molecule has 0 saturated carbocycles. The third kappa shape index (κ3) is 2.57. The third-order valence-electron chi connectivity index (χ3n) is 3.71. The fourth-order valence-corrected chi connectivity index (χ4v) is 2.89. The van der Waals surface area contributed by atoms with E-state index in [1.165, 1.54) is 11.3 Å². The van der Waals surface area contributed by atoms with Crippen molar-refractivity contribution in [2.24, 2.45) is 7.05 Å². The first-order valence-electron chi connectivity index (χ1n) is 6.76. The van der Waals surface area contributed by atoms with E-state index in [9.17, 15) is 0 Å². The van der Waals surface area contributed by atoms with Crippen LogP contribution in [-0.4, -0.2) is 45.1 Å². The molecule has 0 spiro atoms. The predicted octanol–water partition coefficient (Wildman–Crippen LogP) is 0.956. The molecule has 3 rings (SSSR count). The second-order valence-electron chi connectivity index (χ2n) is 5.22. The van der Waals surface area contributed by atoms with Gasteiger partial charge in [-0.15, -0.1) is 5.10 Å². The van der Waals surface area contributed by atoms with Crippen molar-refractivity contribution >= 4 is 0 Å². The van der Waals surface area contributed by atoms with Crippen molar-refractivity contribution < 1.29 is 4.74 Å². The lowest BCUT2D eigenvalue weighted by Gasteiger charge is -2.31. The van der Waals surface area contributed by atoms with Crippen LogP contribution >= 0.6 is 0 Å². The van der Waals surface area contributed by atoms with E-state index in [4.69, 9.17) is 4.74 Å². The highest BCUT2D eigenvalue weighted by Crippen LogP contribution is 2.27. The summed E-state index contributed by atoms with van der Waals surface area (Å²) >= 11 is 0. The molecule has 0 bridgehead atoms. The van der Waals surface area contributed by atoms with Gasteiger partial charge in [-0.2, -0.15) is 0 Å². The van der Waals surface area contributed by atoms with Gasteiger partial charge >= 0.3 is 0 Å². The van der Waals surface area contributed by atoms with Crippen molar-refractivity contribution in [1.29, 1.82) is 0 Å². The molecule has 0 aliphatic carbocycles. The van der Waals surface area contributed by atoms with Crippen molar-refractivity contribution in [3.05, 3.63) is 41.5 Å². The molecule has 2 aromatic rings. The Bertz CT molecular complexity index is 568. The largest absolute Gasteiger partial charge is 0.384 e. The summed E-state index contributed by atoms with van der Waals surface area (Å²) in [5.74, 6) is 0.325. The summed E-state index contributed by atoms with van der Waals surface area (Å²) in [5, 5.41) is 8.43. The van der Waals surface area contributed by atoms with Crippen molar-refractivity contribution in [2.75, 3.05) is 20.3 Å². The lowest BCUT2D eigenvalue weighted by Crippen LogP contribution is -2.35. The first-order valence-corrected chi connectivity index (χ1v) is 6.76. The summed E-state index contributed by atoms with van der Waals surface area (Å²) < 4.78 is 7.23. The summed E-state index contributed by atoms with van der Waals surface area (Å²) in [6.07, 6.45) is 3.67. The number of rotatable bonds is 4. The minimum absolute atomic E-state index is 0.325. The minimum atomic E-state index is 0.325. The van der Waals surface area contributed by atoms with Gasteiger partial charge in [-0.25, -0.2) is 0 Å². The van der Waals surface area contributed by atoms with Crippen LogP contribution in [0.5, 0.6) is 0 Å². The SMILES string of the molecule is COC[C@@H]1CN(Cc2ccncc2)Cc2nnn(C)c21. The molecule has 0 N–H and O–H groups in total. The molecule has 6 nitrogen and oxygen atoms in total. The van der Waals surface area contributed by atoms with Crippen LogP contribution in [0.3, 0.4) is 0 Å². The molecule has 1 aliphatic rings. The van der Waals surface area contributed by atoms with E-state index in [0.717, 1.165) is 25.3 Å². The molecule has 0 amide bonds. The molecule has 0 fully saturated rings. The number of hydrogen-bond donors (Lipinski definition) is 0. The third-order valence-corrected chi connectivity index (χ3v) is 3.71. The molecule has 0 unspecified atom stereocenters. The van der Waals surface area contributed by atoms with Crippen LogP contribution in [-0.2, 0) is 24.9 Å². The predicted molar refractivity (Wildman–Crippen MR) is 74.0 cm³/mol. The van der Waals surface area contributed by atoms with E-state index in [0.29, 0.717) is 12.5 Å². The zero-order chi connectivity index (χ0) is 13.9. The Hall–Kier alpha value is -1.79. The van der Waals surface area contributed by atoms with E-state index in [1.807, 2.05) is 24.1 Å². The number of nitrogens with zero attached hydrogens (tertiary/aromatic N) is 5. The number of aryl methyl sites for hydroxylation is 1. The van der Waals surface area contributed by atoms with Gasteiger partial charge < -0.3 is 4.74 Å². The molecule has 2 aromatic heterocycles. The molecular formula is C14H19N5O. The minimum Gasteiger partial charge on any atom is -0.384 e. The zero-order valence-electron chi connectivity index (χ0n) is 11.9. The summed E-state index contributed by atoms with van der Waals surface area (Å²) in [7, 11) is 3.69. The van der Waals surface area contributed by atoms with Gasteiger partial charge in [0.2, 0.25) is 0 Å². The van der Waals surface area contributed by atoms with Crippen molar-refractivity contribution in [3.63, 3.8) is 0 Å². The monoisotopic (exact) mass is 273 g/mol. The van der Waals surface area contributed by atoms with Gasteiger partial charge in [-0.05, 0) is 17.7 Å². The highest BCUT2D eigenvalue weighted by Gasteiger charge is 2.29. The Morgan fingerprint density at radius 1 is 1.35 bits per heavy atom. The number of hydrogen-bond acceptors (Lipinski definition) is 5. The molecule has 0 radical (unpaired) electrons. The van der Waals surface area contributed by atoms with Gasteiger partial charge in [0.05, 0.1) is 12.3 Å². The first kappa shape index (κ1) is 13.2. The second kappa shape index (κ2) is 5.68. The van der Waals surface area contributed by atoms with Gasteiger partial charge in [-0.3, -0.25) is 14.6 Å². The Balaban J connectivity index is 1.79. The molecule has 3 heterocycles. The average molecular weight is 273 g/mol. The Labute approximate surface area is 118 Å². The first-order chi connectivity index (χ1) is 9.78. The fourth-order valence-electron chi connectivity index (χ4n) is 2.89. The maximum Gasteiger partial charge on any atom is 0.100 e. The van der Waals surface area contributed by atoms with E-state index in [2.05, 4.69) is 32.3 Å². The number of ether oxygens (including phenoxy) is 1. The van der Waals surface area contributed by atoms with Crippen LogP contribution in [0.4, 0.5) is 0 Å². The Kier molecular flexibility index (Phi) is 3.75. The number of methoxy groups -OCH3 is 1. The lowest BCUT2D eigenvalue weighted by atomic mass is 9.98. The molecule has 106 valence electrons. The van der Waals surface area contributed by atoms with Crippen LogP contribution in [0, 0.1) is 0 Å². The highest BCUT2D eigenvalue weighted by molar-refractivity contribution is 5.20. The smallest absolute Gasteiger partial charge is 0.100 e. The van der Waals surface area contributed by atoms with Gasteiger partial charge in [0, 0.05) is 52.1 Å². The van der Waals surface area contributed by atoms with E-state index < -0.39 is 0 Å². The van der Waals surface area contributed by atoms with Crippen LogP contribution in [0.25, 0.3) is 0 Å². The standard InChI is InChI=1S/C14H19N5O/c1-18-14-12(10-20-2)8-19(9-13(14)16-17-18)7-11-3-5-15-6-4-11/h3-6,12H,7-10H2,1-2H3/t12-/m0/s1. The van der Waals surface area contributed by atoms with Gasteiger partial charge in [-0.1, -0.05) is 5.21 Å². The summed E-state index contributed by atoms with van der Waals surface area (Å²) in [6, 6.07) is 4.11. The maximum absolute atomic E-state index is 5.36. The normalized spacial score (nSPS) is 19.0. The van der Waals surface area contributed by atoms with Gasteiger partial charge in [0.25, 0.3) is 0 Å². The Morgan fingerprint density at radius 3 is 2.90 bits per heavy atom. The van der Waals surface area contributed by atoms with Crippen molar-refractivity contribution in [1.82, 2.24) is 24.9 Å². The Morgan fingerprint density at radius 2 is 2.15 bits per heavy atom. The van der Waals surface area contributed by atoms with Gasteiger partial charge in [0.15, 0.2) is 0 Å². The molecule has 6 heteroatoms. The summed E-state index contributed by atoms with van der Waals surface area (Å²) in [4.78, 5) is 6.44. The molecule has 20 heavy (non-hydrogen) atoms. The molecule has 1 aliphatic heterocycles. The van der Waals surface area contributed by atoms with Crippen molar-refractivity contribution in [3.8, 4) is 0 Å². The number of aromatic nitrogens is 4. The number of fused-ring (bicyclic) bond motifs is 1. The van der Waals surface area contributed by atoms with Gasteiger partial charge in [0.1, 0.15) is 5.69 Å². The van der Waals surface area contributed by atoms with E-state index in [1.54, 1.807) is 7.11 Å². The fraction of sp³-hybridized carbons (Fsp3) is 0.500. The maximum atomic E-state index is 5.36. The highest BCUT2D eigenvalue weighted by atomic mass is 16.5.